The van der Waals surface area contributed by atoms with Gasteiger partial charge in [0, 0.05) is 11.4 Å². The molecule has 3 nitrogen and oxygen atoms in total. The first-order valence-electron chi connectivity index (χ1n) is 3.32. The predicted octanol–water partition coefficient (Wildman–Crippen LogP) is 1.09. The van der Waals surface area contributed by atoms with Crippen LogP contribution in [0.5, 0.6) is 0 Å². The fourth-order valence-electron chi connectivity index (χ4n) is 0.595. The normalized spacial score (nSPS) is 10.3. The van der Waals surface area contributed by atoms with Gasteiger partial charge in [-0.1, -0.05) is 11.6 Å². The lowest BCUT2D eigenvalue weighted by molar-refractivity contribution is 0.611. The van der Waals surface area contributed by atoms with Crippen LogP contribution in [0.25, 0.3) is 0 Å². The Morgan fingerprint density at radius 1 is 1.46 bits per heavy atom. The zero-order valence-corrected chi connectivity index (χ0v) is 8.35. The summed E-state index contributed by atoms with van der Waals surface area (Å²) in [4.78, 5) is 3.81. The summed E-state index contributed by atoms with van der Waals surface area (Å²) in [6.07, 6.45) is 2.45. The fraction of sp³-hybridized carbons (Fsp3) is 0.125. The first kappa shape index (κ1) is 10.0. The van der Waals surface area contributed by atoms with Crippen LogP contribution in [0, 0.1) is 11.2 Å². The SMILES string of the molecule is CS(=O)(=O)C#Cc1ccc(Cl)cn1. The van der Waals surface area contributed by atoms with Crippen LogP contribution in [0.2, 0.25) is 5.02 Å². The number of nitrogens with zero attached hydrogens (tertiary/aromatic N) is 1. The van der Waals surface area contributed by atoms with Crippen molar-refractivity contribution in [2.45, 2.75) is 0 Å². The lowest BCUT2D eigenvalue weighted by Gasteiger charge is -1.88. The van der Waals surface area contributed by atoms with Crippen LogP contribution in [0.1, 0.15) is 5.69 Å². The Balaban J connectivity index is 2.98. The summed E-state index contributed by atoms with van der Waals surface area (Å²) in [5.74, 6) is 2.40. The smallest absolute Gasteiger partial charge is 0.214 e. The maximum atomic E-state index is 10.6. The molecule has 1 aromatic heterocycles. The molecule has 0 bridgehead atoms. The first-order chi connectivity index (χ1) is 5.97. The molecule has 5 heteroatoms. The third kappa shape index (κ3) is 3.92. The highest BCUT2D eigenvalue weighted by atomic mass is 35.5. The van der Waals surface area contributed by atoms with Gasteiger partial charge in [-0.3, -0.25) is 0 Å². The molecule has 0 fully saturated rings. The zero-order chi connectivity index (χ0) is 9.90. The van der Waals surface area contributed by atoms with Crippen molar-refractivity contribution in [1.29, 1.82) is 0 Å². The highest BCUT2D eigenvalue weighted by Gasteiger charge is 1.93. The van der Waals surface area contributed by atoms with Gasteiger partial charge in [0.2, 0.25) is 9.84 Å². The Morgan fingerprint density at radius 3 is 2.62 bits per heavy atom. The molecule has 0 aliphatic heterocycles. The van der Waals surface area contributed by atoms with Crippen molar-refractivity contribution in [3.05, 3.63) is 29.0 Å². The minimum atomic E-state index is -3.27. The molecule has 0 aliphatic rings. The Hall–Kier alpha value is -1.05. The molecule has 0 unspecified atom stereocenters. The second-order valence-corrected chi connectivity index (χ2v) is 4.55. The van der Waals surface area contributed by atoms with Crippen molar-refractivity contribution >= 4 is 21.4 Å². The van der Waals surface area contributed by atoms with E-state index in [1.54, 1.807) is 12.1 Å². The van der Waals surface area contributed by atoms with Crippen LogP contribution in [-0.4, -0.2) is 19.7 Å². The molecule has 1 heterocycles. The van der Waals surface area contributed by atoms with Gasteiger partial charge in [0.1, 0.15) is 5.69 Å². The quantitative estimate of drug-likeness (QED) is 0.609. The molecule has 0 aliphatic carbocycles. The lowest BCUT2D eigenvalue weighted by Crippen LogP contribution is -1.89. The van der Waals surface area contributed by atoms with E-state index in [9.17, 15) is 8.42 Å². The highest BCUT2D eigenvalue weighted by Crippen LogP contribution is 2.04. The monoisotopic (exact) mass is 215 g/mol. The number of aromatic nitrogens is 1. The third-order valence-corrected chi connectivity index (χ3v) is 1.79. The summed E-state index contributed by atoms with van der Waals surface area (Å²) in [6.45, 7) is 0. The molecule has 0 saturated carbocycles. The topological polar surface area (TPSA) is 47.0 Å². The van der Waals surface area contributed by atoms with Crippen molar-refractivity contribution < 1.29 is 8.42 Å². The van der Waals surface area contributed by atoms with Gasteiger partial charge < -0.3 is 0 Å². The lowest BCUT2D eigenvalue weighted by atomic mass is 10.4. The number of pyridine rings is 1. The maximum Gasteiger partial charge on any atom is 0.214 e. The van der Waals surface area contributed by atoms with E-state index in [-0.39, 0.29) is 0 Å². The van der Waals surface area contributed by atoms with E-state index in [1.807, 2.05) is 0 Å². The van der Waals surface area contributed by atoms with Crippen molar-refractivity contribution in [2.24, 2.45) is 0 Å². The summed E-state index contributed by atoms with van der Waals surface area (Å²) >= 11 is 5.57. The largest absolute Gasteiger partial charge is 0.246 e. The van der Waals surface area contributed by atoms with Gasteiger partial charge in [-0.25, -0.2) is 13.4 Å². The number of halogens is 1. The summed E-state index contributed by atoms with van der Waals surface area (Å²) in [7, 11) is -3.27. The minimum Gasteiger partial charge on any atom is -0.246 e. The van der Waals surface area contributed by atoms with Gasteiger partial charge in [-0.15, -0.1) is 0 Å². The van der Waals surface area contributed by atoms with Crippen LogP contribution < -0.4 is 0 Å². The van der Waals surface area contributed by atoms with Crippen LogP contribution in [0.4, 0.5) is 0 Å². The van der Waals surface area contributed by atoms with Gasteiger partial charge in [0.15, 0.2) is 0 Å². The van der Waals surface area contributed by atoms with E-state index in [1.165, 1.54) is 6.20 Å². The molecule has 0 aromatic carbocycles. The van der Waals surface area contributed by atoms with Crippen LogP contribution in [0.15, 0.2) is 18.3 Å². The minimum absolute atomic E-state index is 0.384. The van der Waals surface area contributed by atoms with Crippen molar-refractivity contribution in [1.82, 2.24) is 4.98 Å². The summed E-state index contributed by atoms with van der Waals surface area (Å²) < 4.78 is 21.3. The van der Waals surface area contributed by atoms with Crippen molar-refractivity contribution in [3.63, 3.8) is 0 Å². The van der Waals surface area contributed by atoms with E-state index in [2.05, 4.69) is 16.2 Å². The highest BCUT2D eigenvalue weighted by molar-refractivity contribution is 7.95. The molecular weight excluding hydrogens is 210 g/mol. The number of hydrogen-bond donors (Lipinski definition) is 0. The molecule has 0 spiro atoms. The Labute approximate surface area is 81.7 Å². The van der Waals surface area contributed by atoms with Crippen LogP contribution in [0.3, 0.4) is 0 Å². The average Bonchev–Trinajstić information content (AvgIpc) is 2.02. The van der Waals surface area contributed by atoms with E-state index in [4.69, 9.17) is 11.6 Å². The Morgan fingerprint density at radius 2 is 2.15 bits per heavy atom. The Kier molecular flexibility index (Phi) is 2.91. The predicted molar refractivity (Wildman–Crippen MR) is 51.0 cm³/mol. The molecule has 1 aromatic rings. The van der Waals surface area contributed by atoms with Gasteiger partial charge >= 0.3 is 0 Å². The Bertz CT molecular complexity index is 453. The summed E-state index contributed by atoms with van der Waals surface area (Å²) in [5.41, 5.74) is 0.384. The maximum absolute atomic E-state index is 10.6. The average molecular weight is 216 g/mol. The zero-order valence-electron chi connectivity index (χ0n) is 6.78. The molecule has 0 radical (unpaired) electrons. The molecule has 0 amide bonds. The fourth-order valence-corrected chi connectivity index (χ4v) is 0.996. The van der Waals surface area contributed by atoms with E-state index in [0.717, 1.165) is 6.26 Å². The van der Waals surface area contributed by atoms with Crippen molar-refractivity contribution in [3.8, 4) is 11.2 Å². The first-order valence-corrected chi connectivity index (χ1v) is 5.59. The van der Waals surface area contributed by atoms with Gasteiger partial charge in [0.25, 0.3) is 0 Å². The molecule has 13 heavy (non-hydrogen) atoms. The van der Waals surface area contributed by atoms with Gasteiger partial charge in [-0.2, -0.15) is 0 Å². The standard InChI is InChI=1S/C8H6ClNO2S/c1-13(11,12)5-4-8-3-2-7(9)6-10-8/h2-3,6H,1H3. The second-order valence-electron chi connectivity index (χ2n) is 2.36. The molecular formula is C8H6ClNO2S. The van der Waals surface area contributed by atoms with E-state index in [0.29, 0.717) is 10.7 Å². The van der Waals surface area contributed by atoms with Crippen LogP contribution in [-0.2, 0) is 9.84 Å². The molecule has 1 rings (SSSR count). The number of hydrogen-bond acceptors (Lipinski definition) is 3. The van der Waals surface area contributed by atoms with Crippen molar-refractivity contribution in [2.75, 3.05) is 6.26 Å². The summed E-state index contributed by atoms with van der Waals surface area (Å²) in [6, 6.07) is 3.15. The summed E-state index contributed by atoms with van der Waals surface area (Å²) in [5, 5.41) is 2.56. The molecule has 68 valence electrons. The third-order valence-electron chi connectivity index (χ3n) is 1.09. The van der Waals surface area contributed by atoms with E-state index >= 15 is 0 Å². The second kappa shape index (κ2) is 3.77. The number of rotatable bonds is 0. The molecule has 0 saturated heterocycles. The van der Waals surface area contributed by atoms with Crippen LogP contribution >= 0.6 is 11.6 Å². The van der Waals surface area contributed by atoms with Gasteiger partial charge in [0.05, 0.1) is 11.3 Å². The van der Waals surface area contributed by atoms with Gasteiger partial charge in [-0.05, 0) is 18.1 Å². The molecule has 0 N–H and O–H groups in total. The molecule has 0 atom stereocenters. The van der Waals surface area contributed by atoms with E-state index < -0.39 is 9.84 Å². The number of sulfone groups is 1.